The van der Waals surface area contributed by atoms with Crippen LogP contribution in [0.15, 0.2) is 103 Å². The number of carbonyl (C=O) groups excluding carboxylic acids is 3. The zero-order chi connectivity index (χ0) is 45.2. The van der Waals surface area contributed by atoms with Crippen molar-refractivity contribution in [3.05, 3.63) is 154 Å². The second kappa shape index (κ2) is 18.7. The second-order valence-corrected chi connectivity index (χ2v) is 17.1. The van der Waals surface area contributed by atoms with Crippen LogP contribution < -0.4 is 5.32 Å². The van der Waals surface area contributed by atoms with Gasteiger partial charge in [0, 0.05) is 91.2 Å². The fraction of sp³-hybridized carbons (Fsp3) is 0.308. The van der Waals surface area contributed by atoms with E-state index in [1.165, 1.54) is 18.0 Å². The molecule has 0 unspecified atom stereocenters. The van der Waals surface area contributed by atoms with E-state index >= 15 is 4.79 Å². The van der Waals surface area contributed by atoms with Gasteiger partial charge < -0.3 is 24.4 Å². The summed E-state index contributed by atoms with van der Waals surface area (Å²) >= 11 is 0. The van der Waals surface area contributed by atoms with Crippen molar-refractivity contribution in [1.29, 1.82) is 0 Å². The minimum absolute atomic E-state index is 0.0227. The van der Waals surface area contributed by atoms with Gasteiger partial charge in [-0.05, 0) is 90.9 Å². The summed E-state index contributed by atoms with van der Waals surface area (Å²) in [4.78, 5) is 49.6. The van der Waals surface area contributed by atoms with Gasteiger partial charge in [-0.1, -0.05) is 66.4 Å². The van der Waals surface area contributed by atoms with Crippen LogP contribution in [0, 0.1) is 18.8 Å². The lowest BCUT2D eigenvalue weighted by Crippen LogP contribution is -2.43. The number of ether oxygens (including phenoxy) is 1. The fourth-order valence-electron chi connectivity index (χ4n) is 9.27. The van der Waals surface area contributed by atoms with Crippen molar-refractivity contribution in [2.75, 3.05) is 44.7 Å². The molecule has 2 aromatic heterocycles. The van der Waals surface area contributed by atoms with Gasteiger partial charge in [-0.3, -0.25) is 19.3 Å². The highest BCUT2D eigenvalue weighted by Gasteiger charge is 2.35. The van der Waals surface area contributed by atoms with E-state index in [1.54, 1.807) is 12.1 Å². The number of amides is 3. The molecule has 4 aromatic carbocycles. The molecule has 3 aliphatic heterocycles. The molecule has 5 heterocycles. The number of benzene rings is 4. The first-order chi connectivity index (χ1) is 31.5. The maximum absolute atomic E-state index is 15.3. The zero-order valence-electron chi connectivity index (χ0n) is 36.8. The topological polar surface area (TPSA) is 105 Å². The Bertz CT molecular complexity index is 2820. The van der Waals surface area contributed by atoms with Crippen molar-refractivity contribution in [3.63, 3.8) is 0 Å². The lowest BCUT2D eigenvalue weighted by molar-refractivity contribution is -0.131. The predicted octanol–water partition coefficient (Wildman–Crippen LogP) is 7.91. The Hall–Kier alpha value is -6.88. The van der Waals surface area contributed by atoms with Gasteiger partial charge in [0.1, 0.15) is 0 Å². The van der Waals surface area contributed by atoms with Crippen LogP contribution in [-0.2, 0) is 48.9 Å². The van der Waals surface area contributed by atoms with Crippen LogP contribution in [0.5, 0.6) is 0 Å². The first-order valence-electron chi connectivity index (χ1n) is 22.1. The van der Waals surface area contributed by atoms with Crippen molar-refractivity contribution in [2.45, 2.75) is 58.8 Å². The Labute approximate surface area is 377 Å². The summed E-state index contributed by atoms with van der Waals surface area (Å²) in [5, 5.41) is 6.96. The number of nitrogens with one attached hydrogen (secondary N) is 1. The van der Waals surface area contributed by atoms with Crippen LogP contribution in [0.3, 0.4) is 0 Å². The maximum Gasteiger partial charge on any atom is 0.333 e. The van der Waals surface area contributed by atoms with E-state index in [9.17, 15) is 18.4 Å². The van der Waals surface area contributed by atoms with Gasteiger partial charge >= 0.3 is 6.55 Å². The normalized spacial score (nSPS) is 16.1. The fourth-order valence-corrected chi connectivity index (χ4v) is 9.27. The van der Waals surface area contributed by atoms with Crippen LogP contribution >= 0.6 is 0 Å². The SMILES string of the molecule is Cc1c(C(=O)Nc2ccccc2)c(-c2cnn(C(F)F)c2)c(-c2cc3c(cc2C(=O)N2Cc4ccccc4C[C@H]2C)CN(C(=O)Cc2ccc(C#CCN4CCOCC4)cc2)CC3)n1C. The molecular weight excluding hydrogens is 825 g/mol. The zero-order valence-corrected chi connectivity index (χ0v) is 36.8. The summed E-state index contributed by atoms with van der Waals surface area (Å²) in [6.07, 6.45) is 4.00. The number of para-hydroxylation sites is 1. The molecule has 3 aliphatic rings. The standard InChI is InChI=1S/C52H51F2N7O4/c1-34-26-38-11-7-8-12-40(38)32-60(34)51(64)45-29-41-31-59(46(62)27-37-17-15-36(16-18-37)10-9-20-58-22-24-65-25-23-58)21-19-39(41)28-44(45)49-48(42-30-55-61(33-42)52(53)54)47(35(2)57(49)3)50(63)56-43-13-5-4-6-14-43/h4-8,11-18,28-30,33-34,52H,19-27,31-32H2,1-3H3,(H,56,63)/t34-/m1/s1. The van der Waals surface area contributed by atoms with Crippen molar-refractivity contribution in [1.82, 2.24) is 29.0 Å². The molecule has 1 fully saturated rings. The number of aromatic nitrogens is 3. The average molecular weight is 876 g/mol. The lowest BCUT2D eigenvalue weighted by atomic mass is 9.88. The van der Waals surface area contributed by atoms with Gasteiger partial charge in [0.2, 0.25) is 5.91 Å². The van der Waals surface area contributed by atoms with E-state index in [4.69, 9.17) is 4.74 Å². The van der Waals surface area contributed by atoms with E-state index in [-0.39, 0.29) is 29.8 Å². The minimum Gasteiger partial charge on any atom is -0.379 e. The van der Waals surface area contributed by atoms with Crippen LogP contribution in [0.1, 0.15) is 73.3 Å². The largest absolute Gasteiger partial charge is 0.379 e. The van der Waals surface area contributed by atoms with Crippen LogP contribution in [0.25, 0.3) is 22.4 Å². The number of anilines is 1. The number of hydrogen-bond donors (Lipinski definition) is 1. The van der Waals surface area contributed by atoms with Gasteiger partial charge in [-0.15, -0.1) is 0 Å². The summed E-state index contributed by atoms with van der Waals surface area (Å²) in [6, 6.07) is 28.7. The van der Waals surface area contributed by atoms with Gasteiger partial charge in [0.25, 0.3) is 11.8 Å². The van der Waals surface area contributed by atoms with E-state index in [0.29, 0.717) is 83.0 Å². The summed E-state index contributed by atoms with van der Waals surface area (Å²) < 4.78 is 36.1. The second-order valence-electron chi connectivity index (χ2n) is 17.1. The van der Waals surface area contributed by atoms with Gasteiger partial charge in [0.15, 0.2) is 0 Å². The number of morpholine rings is 1. The third-order valence-corrected chi connectivity index (χ3v) is 12.9. The third kappa shape index (κ3) is 9.10. The van der Waals surface area contributed by atoms with Crippen LogP contribution in [0.2, 0.25) is 0 Å². The number of hydrogen-bond acceptors (Lipinski definition) is 6. The van der Waals surface area contributed by atoms with Crippen molar-refractivity contribution < 1.29 is 27.9 Å². The number of halogens is 2. The van der Waals surface area contributed by atoms with Crippen LogP contribution in [0.4, 0.5) is 14.5 Å². The molecule has 3 amide bonds. The van der Waals surface area contributed by atoms with Gasteiger partial charge in [-0.2, -0.15) is 13.9 Å². The van der Waals surface area contributed by atoms with Gasteiger partial charge in [-0.25, -0.2) is 4.68 Å². The Kier molecular flexibility index (Phi) is 12.5. The molecule has 65 heavy (non-hydrogen) atoms. The number of nitrogens with zero attached hydrogens (tertiary/aromatic N) is 6. The molecule has 1 saturated heterocycles. The molecule has 0 spiro atoms. The Balaban J connectivity index is 1.08. The number of fused-ring (bicyclic) bond motifs is 2. The molecular formula is C52H51F2N7O4. The van der Waals surface area contributed by atoms with E-state index in [0.717, 1.165) is 54.1 Å². The maximum atomic E-state index is 15.3. The number of alkyl halides is 2. The smallest absolute Gasteiger partial charge is 0.333 e. The molecule has 11 nitrogen and oxygen atoms in total. The van der Waals surface area contributed by atoms with Crippen molar-refractivity contribution >= 4 is 23.4 Å². The van der Waals surface area contributed by atoms with Gasteiger partial charge in [0.05, 0.1) is 43.6 Å². The quantitative estimate of drug-likeness (QED) is 0.148. The molecule has 0 saturated carbocycles. The highest BCUT2D eigenvalue weighted by molar-refractivity contribution is 6.13. The molecule has 0 bridgehead atoms. The summed E-state index contributed by atoms with van der Waals surface area (Å²) in [5.74, 6) is 5.83. The Morgan fingerprint density at radius 2 is 1.63 bits per heavy atom. The molecule has 1 N–H and O–H groups in total. The van der Waals surface area contributed by atoms with E-state index < -0.39 is 12.5 Å². The summed E-state index contributed by atoms with van der Waals surface area (Å²) in [7, 11) is 1.82. The first-order valence-corrected chi connectivity index (χ1v) is 22.1. The molecule has 1 atom stereocenters. The van der Waals surface area contributed by atoms with Crippen molar-refractivity contribution in [3.8, 4) is 34.2 Å². The third-order valence-electron chi connectivity index (χ3n) is 12.9. The number of rotatable bonds is 9. The summed E-state index contributed by atoms with van der Waals surface area (Å²) in [6.45, 7) is 6.03. The Morgan fingerprint density at radius 3 is 2.37 bits per heavy atom. The van der Waals surface area contributed by atoms with E-state index in [1.807, 2.05) is 108 Å². The molecule has 0 radical (unpaired) electrons. The molecule has 0 aliphatic carbocycles. The van der Waals surface area contributed by atoms with Crippen molar-refractivity contribution in [2.24, 2.45) is 7.05 Å². The highest BCUT2D eigenvalue weighted by Crippen LogP contribution is 2.43. The molecule has 13 heteroatoms. The molecule has 6 aromatic rings. The highest BCUT2D eigenvalue weighted by atomic mass is 19.3. The molecule has 332 valence electrons. The van der Waals surface area contributed by atoms with Crippen LogP contribution in [-0.4, -0.2) is 92.2 Å². The Morgan fingerprint density at radius 1 is 0.892 bits per heavy atom. The minimum atomic E-state index is -2.90. The monoisotopic (exact) mass is 875 g/mol. The first kappa shape index (κ1) is 43.4. The average Bonchev–Trinajstić information content (AvgIpc) is 3.91. The van der Waals surface area contributed by atoms with E-state index in [2.05, 4.69) is 33.2 Å². The molecule has 9 rings (SSSR count). The summed E-state index contributed by atoms with van der Waals surface area (Å²) in [5.41, 5.74) is 9.47. The lowest BCUT2D eigenvalue weighted by Gasteiger charge is -2.36. The predicted molar refractivity (Wildman–Crippen MR) is 245 cm³/mol. The number of carbonyl (C=O) groups is 3.